The van der Waals surface area contributed by atoms with E-state index in [2.05, 4.69) is 15.6 Å². The van der Waals surface area contributed by atoms with E-state index >= 15 is 0 Å². The van der Waals surface area contributed by atoms with Gasteiger partial charge in [0.2, 0.25) is 5.91 Å². The fraction of sp³-hybridized carbons (Fsp3) is 0.138. The Morgan fingerprint density at radius 3 is 2.39 bits per heavy atom. The molecule has 0 saturated carbocycles. The molecule has 1 heterocycles. The number of carbonyl (C=O) groups excluding carboxylic acids is 2. The highest BCUT2D eigenvalue weighted by molar-refractivity contribution is 6.30. The zero-order valence-corrected chi connectivity index (χ0v) is 21.0. The van der Waals surface area contributed by atoms with Crippen LogP contribution in [0.4, 0.5) is 13.2 Å². The van der Waals surface area contributed by atoms with Gasteiger partial charge in [-0.3, -0.25) is 14.6 Å². The van der Waals surface area contributed by atoms with Gasteiger partial charge in [0, 0.05) is 29.9 Å². The molecular formula is C29H23ClF3N3O2. The highest BCUT2D eigenvalue weighted by Gasteiger charge is 2.23. The minimum atomic E-state index is -0.812. The van der Waals surface area contributed by atoms with Gasteiger partial charge in [-0.2, -0.15) is 0 Å². The van der Waals surface area contributed by atoms with Gasteiger partial charge in [0.15, 0.2) is 0 Å². The summed E-state index contributed by atoms with van der Waals surface area (Å²) < 4.78 is 42.3. The summed E-state index contributed by atoms with van der Waals surface area (Å²) in [5.74, 6) is -3.16. The van der Waals surface area contributed by atoms with E-state index < -0.39 is 29.4 Å². The van der Waals surface area contributed by atoms with E-state index in [1.807, 2.05) is 0 Å². The van der Waals surface area contributed by atoms with Crippen LogP contribution in [-0.4, -0.2) is 23.8 Å². The highest BCUT2D eigenvalue weighted by Crippen LogP contribution is 2.30. The number of rotatable bonds is 8. The number of amides is 2. The van der Waals surface area contributed by atoms with Crippen molar-refractivity contribution in [1.82, 2.24) is 15.6 Å². The molecule has 0 aliphatic rings. The molecule has 0 aliphatic heterocycles. The van der Waals surface area contributed by atoms with E-state index in [1.165, 1.54) is 43.6 Å². The standard InChI is InChI=1S/C29H23ClF3N3O2/c1-34-29(38)24-15-19(7-8-25(24)33)23-6-3-9-35-28(23)26(13-18-11-21(31)16-22(32)12-18)36-27(37)14-17-4-2-5-20(30)10-17/h2-12,15-16,26H,13-14H2,1H3,(H,34,38)(H,36,37)/t26-/m0/s1. The molecule has 2 N–H and O–H groups in total. The molecule has 2 amide bonds. The summed E-state index contributed by atoms with van der Waals surface area (Å²) in [5.41, 5.74) is 2.20. The van der Waals surface area contributed by atoms with Crippen LogP contribution in [0.2, 0.25) is 5.02 Å². The van der Waals surface area contributed by atoms with Crippen LogP contribution < -0.4 is 10.6 Å². The summed E-state index contributed by atoms with van der Waals surface area (Å²) in [6, 6.07) is 16.6. The van der Waals surface area contributed by atoms with Gasteiger partial charge >= 0.3 is 0 Å². The van der Waals surface area contributed by atoms with Crippen LogP contribution in [0.1, 0.15) is 33.2 Å². The SMILES string of the molecule is CNC(=O)c1cc(-c2cccnc2[C@H](Cc2cc(F)cc(F)c2)NC(=O)Cc2cccc(Cl)c2)ccc1F. The summed E-state index contributed by atoms with van der Waals surface area (Å²) >= 11 is 6.04. The van der Waals surface area contributed by atoms with Crippen LogP contribution >= 0.6 is 11.6 Å². The van der Waals surface area contributed by atoms with Crippen LogP contribution in [-0.2, 0) is 17.6 Å². The zero-order chi connectivity index (χ0) is 27.2. The Hall–Kier alpha value is -4.17. The number of nitrogens with zero attached hydrogens (tertiary/aromatic N) is 1. The van der Waals surface area contributed by atoms with E-state index in [9.17, 15) is 22.8 Å². The molecule has 9 heteroatoms. The Morgan fingerprint density at radius 1 is 0.921 bits per heavy atom. The number of benzene rings is 3. The van der Waals surface area contributed by atoms with Gasteiger partial charge in [-0.15, -0.1) is 0 Å². The van der Waals surface area contributed by atoms with Crippen molar-refractivity contribution in [3.63, 3.8) is 0 Å². The van der Waals surface area contributed by atoms with Crippen LogP contribution in [0.3, 0.4) is 0 Å². The van der Waals surface area contributed by atoms with Crippen molar-refractivity contribution in [2.24, 2.45) is 0 Å². The van der Waals surface area contributed by atoms with Crippen molar-refractivity contribution in [2.75, 3.05) is 7.05 Å². The Labute approximate surface area is 222 Å². The third-order valence-electron chi connectivity index (χ3n) is 5.87. The average Bonchev–Trinajstić information content (AvgIpc) is 2.87. The molecule has 0 radical (unpaired) electrons. The molecule has 1 aromatic heterocycles. The van der Waals surface area contributed by atoms with E-state index in [4.69, 9.17) is 11.6 Å². The summed E-state index contributed by atoms with van der Waals surface area (Å²) in [5, 5.41) is 5.80. The Bertz CT molecular complexity index is 1480. The molecule has 0 fully saturated rings. The Balaban J connectivity index is 1.74. The molecule has 38 heavy (non-hydrogen) atoms. The average molecular weight is 538 g/mol. The molecule has 0 aliphatic carbocycles. The fourth-order valence-electron chi connectivity index (χ4n) is 4.20. The van der Waals surface area contributed by atoms with Crippen molar-refractivity contribution in [3.05, 3.63) is 124 Å². The molecule has 194 valence electrons. The van der Waals surface area contributed by atoms with E-state index in [0.717, 1.165) is 6.07 Å². The summed E-state index contributed by atoms with van der Waals surface area (Å²) in [4.78, 5) is 29.7. The molecule has 4 aromatic rings. The van der Waals surface area contributed by atoms with Gasteiger partial charge in [-0.25, -0.2) is 13.2 Å². The van der Waals surface area contributed by atoms with Gasteiger partial charge < -0.3 is 10.6 Å². The summed E-state index contributed by atoms with van der Waals surface area (Å²) in [6.45, 7) is 0. The fourth-order valence-corrected chi connectivity index (χ4v) is 4.41. The van der Waals surface area contributed by atoms with E-state index in [0.29, 0.717) is 33.0 Å². The van der Waals surface area contributed by atoms with E-state index in [-0.39, 0.29) is 24.3 Å². The smallest absolute Gasteiger partial charge is 0.254 e. The number of pyridine rings is 1. The third kappa shape index (κ3) is 6.58. The monoisotopic (exact) mass is 537 g/mol. The Kier molecular flexibility index (Phi) is 8.43. The van der Waals surface area contributed by atoms with Crippen LogP contribution in [0.15, 0.2) is 79.0 Å². The van der Waals surface area contributed by atoms with Crippen molar-refractivity contribution in [3.8, 4) is 11.1 Å². The molecule has 1 atom stereocenters. The predicted octanol–water partition coefficient (Wildman–Crippen LogP) is 5.82. The second-order valence-corrected chi connectivity index (χ2v) is 9.06. The molecule has 0 unspecified atom stereocenters. The Morgan fingerprint density at radius 2 is 1.68 bits per heavy atom. The molecule has 4 rings (SSSR count). The second-order valence-electron chi connectivity index (χ2n) is 8.62. The molecule has 5 nitrogen and oxygen atoms in total. The maximum atomic E-state index is 14.3. The second kappa shape index (κ2) is 11.9. The number of aromatic nitrogens is 1. The molecule has 3 aromatic carbocycles. The summed E-state index contributed by atoms with van der Waals surface area (Å²) in [6.07, 6.45) is 1.54. The predicted molar refractivity (Wildman–Crippen MR) is 139 cm³/mol. The first-order valence-corrected chi connectivity index (χ1v) is 12.1. The molecule has 0 spiro atoms. The maximum absolute atomic E-state index is 14.3. The minimum absolute atomic E-state index is 0.00804. The largest absolute Gasteiger partial charge is 0.355 e. The lowest BCUT2D eigenvalue weighted by molar-refractivity contribution is -0.121. The lowest BCUT2D eigenvalue weighted by atomic mass is 9.94. The van der Waals surface area contributed by atoms with Crippen molar-refractivity contribution >= 4 is 23.4 Å². The molecular weight excluding hydrogens is 515 g/mol. The van der Waals surface area contributed by atoms with E-state index in [1.54, 1.807) is 36.4 Å². The van der Waals surface area contributed by atoms with Crippen LogP contribution in [0.5, 0.6) is 0 Å². The maximum Gasteiger partial charge on any atom is 0.254 e. The number of hydrogen-bond donors (Lipinski definition) is 2. The number of hydrogen-bond acceptors (Lipinski definition) is 3. The number of carbonyl (C=O) groups is 2. The minimum Gasteiger partial charge on any atom is -0.355 e. The molecule has 0 saturated heterocycles. The first-order valence-electron chi connectivity index (χ1n) is 11.7. The number of nitrogens with one attached hydrogen (secondary N) is 2. The third-order valence-corrected chi connectivity index (χ3v) is 6.10. The number of halogens is 4. The van der Waals surface area contributed by atoms with Crippen LogP contribution in [0.25, 0.3) is 11.1 Å². The topological polar surface area (TPSA) is 71.1 Å². The first-order chi connectivity index (χ1) is 18.2. The zero-order valence-electron chi connectivity index (χ0n) is 20.3. The van der Waals surface area contributed by atoms with Crippen molar-refractivity contribution in [1.29, 1.82) is 0 Å². The van der Waals surface area contributed by atoms with Crippen LogP contribution in [0, 0.1) is 17.5 Å². The van der Waals surface area contributed by atoms with Gasteiger partial charge in [0.25, 0.3) is 5.91 Å². The van der Waals surface area contributed by atoms with Gasteiger partial charge in [0.1, 0.15) is 17.5 Å². The lowest BCUT2D eigenvalue weighted by Crippen LogP contribution is -2.32. The van der Waals surface area contributed by atoms with Crippen molar-refractivity contribution in [2.45, 2.75) is 18.9 Å². The first kappa shape index (κ1) is 26.9. The van der Waals surface area contributed by atoms with Gasteiger partial charge in [-0.1, -0.05) is 35.9 Å². The van der Waals surface area contributed by atoms with Crippen molar-refractivity contribution < 1.29 is 22.8 Å². The normalized spacial score (nSPS) is 11.6. The quantitative estimate of drug-likeness (QED) is 0.297. The molecule has 0 bridgehead atoms. The van der Waals surface area contributed by atoms with Gasteiger partial charge in [-0.05, 0) is 65.6 Å². The lowest BCUT2D eigenvalue weighted by Gasteiger charge is -2.22. The van der Waals surface area contributed by atoms with Gasteiger partial charge in [0.05, 0.1) is 23.7 Å². The summed E-state index contributed by atoms with van der Waals surface area (Å²) in [7, 11) is 1.40. The highest BCUT2D eigenvalue weighted by atomic mass is 35.5.